The molecule has 0 amide bonds. The van der Waals surface area contributed by atoms with E-state index in [1.165, 1.54) is 27.3 Å². The monoisotopic (exact) mass is 586 g/mol. The summed E-state index contributed by atoms with van der Waals surface area (Å²) >= 11 is 1.84. The summed E-state index contributed by atoms with van der Waals surface area (Å²) in [7, 11) is 3.39. The molecule has 0 spiro atoms. The van der Waals surface area contributed by atoms with Crippen LogP contribution in [0.1, 0.15) is 57.0 Å². The third-order valence-electron chi connectivity index (χ3n) is 9.12. The highest BCUT2D eigenvalue weighted by Crippen LogP contribution is 2.59. The van der Waals surface area contributed by atoms with Gasteiger partial charge in [0.2, 0.25) is 5.01 Å². The first kappa shape index (κ1) is 26.0. The Kier molecular flexibility index (Phi) is 6.19. The van der Waals surface area contributed by atoms with Gasteiger partial charge < -0.3 is 9.47 Å². The van der Waals surface area contributed by atoms with Crippen LogP contribution >= 0.6 is 11.3 Å². The van der Waals surface area contributed by atoms with E-state index in [-0.39, 0.29) is 12.0 Å². The van der Waals surface area contributed by atoms with Crippen LogP contribution in [0.25, 0.3) is 0 Å². The van der Waals surface area contributed by atoms with Crippen LogP contribution in [0.5, 0.6) is 11.5 Å². The molecule has 2 bridgehead atoms. The highest BCUT2D eigenvalue weighted by atomic mass is 32.1. The lowest BCUT2D eigenvalue weighted by atomic mass is 9.57. The van der Waals surface area contributed by atoms with Crippen molar-refractivity contribution in [3.8, 4) is 11.5 Å². The van der Waals surface area contributed by atoms with Gasteiger partial charge in [-0.3, -0.25) is 9.36 Å². The molecule has 0 saturated carbocycles. The van der Waals surface area contributed by atoms with Crippen LogP contribution in [0.2, 0.25) is 0 Å². The van der Waals surface area contributed by atoms with E-state index >= 15 is 0 Å². The summed E-state index contributed by atoms with van der Waals surface area (Å²) in [5.41, 5.74) is 6.89. The topological polar surface area (TPSA) is 58.0 Å². The third-order valence-corrected chi connectivity index (χ3v) is 10.1. The van der Waals surface area contributed by atoms with Crippen LogP contribution < -0.4 is 14.0 Å². The largest absolute Gasteiger partial charge is 0.497 e. The molecule has 0 N–H and O–H groups in total. The molecule has 2 aliphatic heterocycles. The van der Waals surface area contributed by atoms with Gasteiger partial charge in [-0.1, -0.05) is 59.9 Å². The second kappa shape index (κ2) is 10.2. The first-order valence-corrected chi connectivity index (χ1v) is 15.5. The van der Waals surface area contributed by atoms with Gasteiger partial charge in [-0.25, -0.2) is 0 Å². The number of hydrogen-bond acceptors (Lipinski definition) is 5. The third kappa shape index (κ3) is 4.19. The number of fused-ring (bicyclic) bond motifs is 1. The van der Waals surface area contributed by atoms with Crippen LogP contribution in [0.15, 0.2) is 109 Å². The van der Waals surface area contributed by atoms with Gasteiger partial charge in [0.1, 0.15) is 11.5 Å². The van der Waals surface area contributed by atoms with Gasteiger partial charge in [0, 0.05) is 24.4 Å². The number of thiazole rings is 1. The molecule has 3 aromatic heterocycles. The molecular formula is C35H32N5O2S+. The van der Waals surface area contributed by atoms with Crippen LogP contribution in [-0.2, 0) is 18.5 Å². The highest BCUT2D eigenvalue weighted by Gasteiger charge is 2.62. The second-order valence-electron chi connectivity index (χ2n) is 11.4. The summed E-state index contributed by atoms with van der Waals surface area (Å²) in [6.07, 6.45) is 7.39. The number of rotatable bonds is 8. The van der Waals surface area contributed by atoms with Crippen molar-refractivity contribution in [2.24, 2.45) is 0 Å². The minimum atomic E-state index is -0.403. The number of aromatic nitrogens is 5. The molecule has 3 aliphatic rings. The van der Waals surface area contributed by atoms with Gasteiger partial charge in [0.15, 0.2) is 12.2 Å². The standard InChI is InChI=1S/C35H32N5O2S/c1-41-26-11-7-24(8-12-26)22-38-17-15-31(36-38)35(32-16-18-39(37-32)23-25-9-13-27(42-2)14-10-25)21-30-28-5-3-4-6-29(28)33(35)34-40(30)19-20-43-34/h3-20,30,33H,21-23H2,1-2H3/q+1. The summed E-state index contributed by atoms with van der Waals surface area (Å²) < 4.78 is 17.3. The summed E-state index contributed by atoms with van der Waals surface area (Å²) in [4.78, 5) is 0. The van der Waals surface area contributed by atoms with E-state index in [1.807, 2.05) is 35.6 Å². The SMILES string of the molecule is COc1ccc(Cn2ccc(C3(c4ccn(Cc5ccc(OC)cc5)n4)CC4c5ccccc5C3c3scc[n+]34)n2)cc1. The van der Waals surface area contributed by atoms with Crippen molar-refractivity contribution in [3.63, 3.8) is 0 Å². The van der Waals surface area contributed by atoms with Crippen LogP contribution in [-0.4, -0.2) is 33.8 Å². The maximum atomic E-state index is 5.36. The van der Waals surface area contributed by atoms with E-state index in [4.69, 9.17) is 19.7 Å². The molecule has 0 radical (unpaired) electrons. The smallest absolute Gasteiger partial charge is 0.246 e. The zero-order valence-corrected chi connectivity index (χ0v) is 24.9. The molecule has 5 heterocycles. The van der Waals surface area contributed by atoms with E-state index in [0.29, 0.717) is 13.1 Å². The zero-order valence-electron chi connectivity index (χ0n) is 24.1. The summed E-state index contributed by atoms with van der Waals surface area (Å²) in [6, 6.07) is 30.0. The Morgan fingerprint density at radius 1 is 0.767 bits per heavy atom. The van der Waals surface area contributed by atoms with Crippen molar-refractivity contribution < 1.29 is 14.0 Å². The van der Waals surface area contributed by atoms with Crippen molar-refractivity contribution in [1.82, 2.24) is 19.6 Å². The van der Waals surface area contributed by atoms with E-state index in [9.17, 15) is 0 Å². The molecule has 214 valence electrons. The van der Waals surface area contributed by atoms with Crippen molar-refractivity contribution in [2.45, 2.75) is 36.9 Å². The van der Waals surface area contributed by atoms with Gasteiger partial charge in [-0.2, -0.15) is 14.8 Å². The first-order chi connectivity index (χ1) is 21.2. The molecule has 0 fully saturated rings. The zero-order chi connectivity index (χ0) is 29.0. The van der Waals surface area contributed by atoms with E-state index < -0.39 is 5.41 Å². The lowest BCUT2D eigenvalue weighted by Gasteiger charge is -2.46. The van der Waals surface area contributed by atoms with E-state index in [2.05, 4.69) is 98.6 Å². The molecule has 7 nitrogen and oxygen atoms in total. The minimum absolute atomic E-state index is 0.113. The van der Waals surface area contributed by atoms with Crippen molar-refractivity contribution >= 4 is 11.3 Å². The van der Waals surface area contributed by atoms with Gasteiger partial charge in [-0.05, 0) is 53.1 Å². The average molecular weight is 587 g/mol. The molecule has 1 aliphatic carbocycles. The van der Waals surface area contributed by atoms with Gasteiger partial charge in [-0.15, -0.1) is 0 Å². The van der Waals surface area contributed by atoms with Crippen molar-refractivity contribution in [1.29, 1.82) is 0 Å². The normalized spacial score (nSPS) is 17.8. The average Bonchev–Trinajstić information content (AvgIpc) is 3.84. The number of hydrogen-bond donors (Lipinski definition) is 0. The quantitative estimate of drug-likeness (QED) is 0.206. The minimum Gasteiger partial charge on any atom is -0.497 e. The first-order valence-electron chi connectivity index (χ1n) is 14.6. The van der Waals surface area contributed by atoms with E-state index in [1.54, 1.807) is 14.2 Å². The van der Waals surface area contributed by atoms with Crippen molar-refractivity contribution in [3.05, 3.63) is 148 Å². The molecule has 6 aromatic rings. The number of benzene rings is 3. The van der Waals surface area contributed by atoms with Crippen LogP contribution in [0.3, 0.4) is 0 Å². The molecule has 43 heavy (non-hydrogen) atoms. The lowest BCUT2D eigenvalue weighted by Crippen LogP contribution is -2.59. The van der Waals surface area contributed by atoms with Crippen molar-refractivity contribution in [2.75, 3.05) is 14.2 Å². The van der Waals surface area contributed by atoms with Gasteiger partial charge >= 0.3 is 0 Å². The number of nitrogens with zero attached hydrogens (tertiary/aromatic N) is 5. The Labute approximate surface area is 254 Å². The molecule has 2 atom stereocenters. The Balaban J connectivity index is 1.23. The highest BCUT2D eigenvalue weighted by molar-refractivity contribution is 7.09. The van der Waals surface area contributed by atoms with E-state index in [0.717, 1.165) is 29.3 Å². The molecule has 2 unspecified atom stereocenters. The number of ether oxygens (including phenoxy) is 2. The summed E-state index contributed by atoms with van der Waals surface area (Å²) in [5.74, 6) is 1.83. The Morgan fingerprint density at radius 2 is 1.33 bits per heavy atom. The fraction of sp³-hybridized carbons (Fsp3) is 0.229. The molecule has 9 rings (SSSR count). The Hall–Kier alpha value is -4.69. The fourth-order valence-corrected chi connectivity index (χ4v) is 8.20. The van der Waals surface area contributed by atoms with Crippen LogP contribution in [0.4, 0.5) is 0 Å². The predicted molar refractivity (Wildman–Crippen MR) is 165 cm³/mol. The Bertz CT molecular complexity index is 1820. The lowest BCUT2D eigenvalue weighted by molar-refractivity contribution is -0.727. The fourth-order valence-electron chi connectivity index (χ4n) is 7.09. The summed E-state index contributed by atoms with van der Waals surface area (Å²) in [6.45, 7) is 1.38. The molecule has 3 aromatic carbocycles. The number of methoxy groups -OCH3 is 2. The van der Waals surface area contributed by atoms with Gasteiger partial charge in [0.05, 0.1) is 55.4 Å². The molecule has 8 heteroatoms. The summed E-state index contributed by atoms with van der Waals surface area (Å²) in [5, 5.41) is 14.2. The molecular weight excluding hydrogens is 554 g/mol. The second-order valence-corrected chi connectivity index (χ2v) is 12.3. The Morgan fingerprint density at radius 3 is 1.88 bits per heavy atom. The maximum absolute atomic E-state index is 5.36. The maximum Gasteiger partial charge on any atom is 0.246 e. The van der Waals surface area contributed by atoms with Crippen LogP contribution in [0, 0.1) is 0 Å². The van der Waals surface area contributed by atoms with Gasteiger partial charge in [0.25, 0.3) is 0 Å². The molecule has 0 saturated heterocycles. The predicted octanol–water partition coefficient (Wildman–Crippen LogP) is 5.97.